The molecule has 248 valence electrons. The number of aryl methyl sites for hydroxylation is 1. The summed E-state index contributed by atoms with van der Waals surface area (Å²) >= 11 is 0. The van der Waals surface area contributed by atoms with Crippen molar-refractivity contribution in [2.45, 2.75) is 84.5 Å². The number of ether oxygens (including phenoxy) is 6. The van der Waals surface area contributed by atoms with E-state index in [1.165, 1.54) is 27.7 Å². The van der Waals surface area contributed by atoms with E-state index in [0.717, 1.165) is 17.8 Å². The van der Waals surface area contributed by atoms with E-state index in [1.54, 1.807) is 13.8 Å². The topological polar surface area (TPSA) is 198 Å². The molecule has 0 aliphatic carbocycles. The van der Waals surface area contributed by atoms with Crippen LogP contribution in [0.1, 0.15) is 53.6 Å². The Morgan fingerprint density at radius 3 is 2.18 bits per heavy atom. The first-order chi connectivity index (χ1) is 20.5. The molecule has 3 heterocycles. The smallest absolute Gasteiger partial charge is 0.476 e. The van der Waals surface area contributed by atoms with Gasteiger partial charge in [-0.05, 0) is 48.5 Å². The van der Waals surface area contributed by atoms with E-state index in [1.807, 2.05) is 0 Å². The number of carbonyl (C=O) groups excluding carboxylic acids is 2. The quantitative estimate of drug-likeness (QED) is 0.174. The van der Waals surface area contributed by atoms with Crippen LogP contribution in [0.3, 0.4) is 0 Å². The van der Waals surface area contributed by atoms with Gasteiger partial charge in [0, 0.05) is 0 Å². The highest BCUT2D eigenvalue weighted by Gasteiger charge is 2.65. The van der Waals surface area contributed by atoms with E-state index in [4.69, 9.17) is 32.5 Å². The second kappa shape index (κ2) is 14.3. The van der Waals surface area contributed by atoms with Crippen LogP contribution in [0, 0.1) is 6.92 Å². The van der Waals surface area contributed by atoms with Gasteiger partial charge in [-0.3, -0.25) is 9.09 Å². The van der Waals surface area contributed by atoms with Crippen LogP contribution in [0.15, 0.2) is 6.33 Å². The van der Waals surface area contributed by atoms with Crippen molar-refractivity contribution < 1.29 is 70.0 Å². The van der Waals surface area contributed by atoms with E-state index >= 15 is 8.78 Å². The third-order valence-corrected chi connectivity index (χ3v) is 6.88. The van der Waals surface area contributed by atoms with Gasteiger partial charge in [0.05, 0.1) is 25.1 Å². The van der Waals surface area contributed by atoms with Gasteiger partial charge in [-0.1, -0.05) is 0 Å². The first-order valence-corrected chi connectivity index (χ1v) is 14.7. The maximum absolute atomic E-state index is 16.0. The molecule has 0 spiro atoms. The molecule has 0 aromatic carbocycles. The van der Waals surface area contributed by atoms with Crippen molar-refractivity contribution in [3.63, 3.8) is 0 Å². The van der Waals surface area contributed by atoms with Crippen molar-refractivity contribution in [3.8, 4) is 5.88 Å². The van der Waals surface area contributed by atoms with E-state index in [2.05, 4.69) is 24.4 Å². The molecule has 1 saturated heterocycles. The van der Waals surface area contributed by atoms with Gasteiger partial charge in [0.25, 0.3) is 5.85 Å². The summed E-state index contributed by atoms with van der Waals surface area (Å²) < 4.78 is 90.0. The Hall–Kier alpha value is -3.22. The molecule has 1 N–H and O–H groups in total. The second-order valence-corrected chi connectivity index (χ2v) is 11.7. The highest BCUT2D eigenvalue weighted by Crippen LogP contribution is 2.54. The van der Waals surface area contributed by atoms with Crippen molar-refractivity contribution in [2.75, 3.05) is 26.8 Å². The van der Waals surface area contributed by atoms with Crippen molar-refractivity contribution in [1.29, 1.82) is 0 Å². The molecular formula is C24H35F2N4O13P. The maximum atomic E-state index is 16.0. The number of imidazole rings is 1. The number of aromatic nitrogens is 4. The van der Waals surface area contributed by atoms with E-state index in [9.17, 15) is 19.3 Å². The third kappa shape index (κ3) is 8.48. The van der Waals surface area contributed by atoms with Gasteiger partial charge in [-0.2, -0.15) is 4.98 Å². The van der Waals surface area contributed by atoms with Crippen molar-refractivity contribution >= 4 is 31.3 Å². The molecule has 0 amide bonds. The van der Waals surface area contributed by atoms with E-state index in [0.29, 0.717) is 0 Å². The Kier molecular flexibility index (Phi) is 11.4. The van der Waals surface area contributed by atoms with Gasteiger partial charge in [0.1, 0.15) is 18.0 Å². The zero-order valence-corrected chi connectivity index (χ0v) is 25.9. The van der Waals surface area contributed by atoms with E-state index < -0.39 is 76.4 Å². The summed E-state index contributed by atoms with van der Waals surface area (Å²) in [6, 6.07) is 0. The summed E-state index contributed by atoms with van der Waals surface area (Å²) in [6.45, 7) is 6.91. The van der Waals surface area contributed by atoms with Crippen LogP contribution >= 0.6 is 7.82 Å². The molecule has 44 heavy (non-hydrogen) atoms. The summed E-state index contributed by atoms with van der Waals surface area (Å²) in [5.74, 6) is -3.12. The Balaban J connectivity index is 1.80. The fourth-order valence-corrected chi connectivity index (χ4v) is 4.71. The molecule has 0 radical (unpaired) electrons. The number of phosphoric ester groups is 1. The Labute approximate surface area is 250 Å². The van der Waals surface area contributed by atoms with Gasteiger partial charge in [0.2, 0.25) is 19.5 Å². The molecule has 2 aromatic rings. The number of hydrogen-bond donors (Lipinski definition) is 1. The van der Waals surface area contributed by atoms with Crippen LogP contribution in [-0.2, 0) is 41.8 Å². The number of halogens is 2. The minimum Gasteiger partial charge on any atom is -0.476 e. The number of carbonyl (C=O) groups is 2. The van der Waals surface area contributed by atoms with Crippen molar-refractivity contribution in [2.24, 2.45) is 0 Å². The fourth-order valence-electron chi connectivity index (χ4n) is 3.78. The zero-order valence-electron chi connectivity index (χ0n) is 25.1. The van der Waals surface area contributed by atoms with Gasteiger partial charge in [-0.25, -0.2) is 42.0 Å². The first kappa shape index (κ1) is 35.3. The molecule has 17 nitrogen and oxygen atoms in total. The summed E-state index contributed by atoms with van der Waals surface area (Å²) in [5, 5.41) is 11.0. The molecule has 1 fully saturated rings. The average Bonchev–Trinajstić information content (AvgIpc) is 3.39. The summed E-state index contributed by atoms with van der Waals surface area (Å²) in [5.41, 5.74) is -2.38. The fraction of sp³-hybridized carbons (Fsp3) is 0.708. The van der Waals surface area contributed by atoms with Crippen molar-refractivity contribution in [3.05, 3.63) is 12.2 Å². The molecular weight excluding hydrogens is 621 g/mol. The minimum atomic E-state index is -4.99. The lowest BCUT2D eigenvalue weighted by Gasteiger charge is -2.26. The number of alkyl halides is 2. The normalized spacial score (nSPS) is 23.7. The zero-order chi connectivity index (χ0) is 32.9. The standard InChI is InChI=1S/C24H35F2N4O13P/c1-8-35-18-16-17(28-15(6)29-18)30(10-27-16)20-23(7,33)19(25)24(26,43-20)9-38-44(34,39-11-36-21(31)41-13(2)3)40-12-37-22(32)42-14(4)5/h10,13-14,19-20,33H,8-9,11-12H2,1-7H3/t19-,20+,23+,24+/m0/s1. The molecule has 2 aromatic heterocycles. The number of phosphoric acid groups is 1. The summed E-state index contributed by atoms with van der Waals surface area (Å²) in [7, 11) is -4.99. The van der Waals surface area contributed by atoms with Crippen LogP contribution in [0.25, 0.3) is 11.2 Å². The van der Waals surface area contributed by atoms with Crippen LogP contribution in [0.2, 0.25) is 0 Å². The van der Waals surface area contributed by atoms with Gasteiger partial charge < -0.3 is 33.5 Å². The molecule has 20 heteroatoms. The number of hydrogen-bond acceptors (Lipinski definition) is 16. The predicted molar refractivity (Wildman–Crippen MR) is 142 cm³/mol. The summed E-state index contributed by atoms with van der Waals surface area (Å²) in [6.07, 6.45) is -7.03. The monoisotopic (exact) mass is 656 g/mol. The van der Waals surface area contributed by atoms with Crippen LogP contribution < -0.4 is 4.74 Å². The highest BCUT2D eigenvalue weighted by molar-refractivity contribution is 7.48. The highest BCUT2D eigenvalue weighted by atomic mass is 31.2. The molecule has 0 saturated carbocycles. The average molecular weight is 657 g/mol. The number of fused-ring (bicyclic) bond motifs is 1. The number of rotatable bonds is 14. The number of aliphatic hydroxyl groups is 1. The third-order valence-electron chi connectivity index (χ3n) is 5.59. The molecule has 0 unspecified atom stereocenters. The van der Waals surface area contributed by atoms with Crippen LogP contribution in [0.5, 0.6) is 5.88 Å². The van der Waals surface area contributed by atoms with Gasteiger partial charge in [0.15, 0.2) is 23.6 Å². The largest absolute Gasteiger partial charge is 0.510 e. The lowest BCUT2D eigenvalue weighted by atomic mass is 9.97. The lowest BCUT2D eigenvalue weighted by Crippen LogP contribution is -2.46. The molecule has 1 aliphatic rings. The molecule has 4 atom stereocenters. The van der Waals surface area contributed by atoms with Crippen LogP contribution in [-0.4, -0.2) is 93.6 Å². The van der Waals surface area contributed by atoms with Crippen LogP contribution in [0.4, 0.5) is 18.4 Å². The Morgan fingerprint density at radius 2 is 1.66 bits per heavy atom. The predicted octanol–water partition coefficient (Wildman–Crippen LogP) is 4.01. The SMILES string of the molecule is CCOc1nc(C)nc2c1ncn2[C@@H]1O[C@](F)(COP(=O)(OCOC(=O)OC(C)C)OCOC(=O)OC(C)C)[C@@H](F)[C@@]1(C)O. The lowest BCUT2D eigenvalue weighted by molar-refractivity contribution is -0.195. The minimum absolute atomic E-state index is 0.0387. The molecule has 0 bridgehead atoms. The van der Waals surface area contributed by atoms with Gasteiger partial charge >= 0.3 is 20.1 Å². The van der Waals surface area contributed by atoms with Crippen molar-refractivity contribution in [1.82, 2.24) is 19.5 Å². The Morgan fingerprint density at radius 1 is 1.09 bits per heavy atom. The Bertz CT molecular complexity index is 1330. The molecule has 1 aliphatic heterocycles. The number of nitrogens with zero attached hydrogens (tertiary/aromatic N) is 4. The summed E-state index contributed by atoms with van der Waals surface area (Å²) in [4.78, 5) is 35.8. The first-order valence-electron chi connectivity index (χ1n) is 13.3. The van der Waals surface area contributed by atoms with E-state index in [-0.39, 0.29) is 29.5 Å². The maximum Gasteiger partial charge on any atom is 0.510 e. The van der Waals surface area contributed by atoms with Gasteiger partial charge in [-0.15, -0.1) is 0 Å². The second-order valence-electron chi connectivity index (χ2n) is 10.0. The molecule has 3 rings (SSSR count).